The summed E-state index contributed by atoms with van der Waals surface area (Å²) in [6.45, 7) is 2.13. The third-order valence-electron chi connectivity index (χ3n) is 5.22. The van der Waals surface area contributed by atoms with Gasteiger partial charge in [-0.1, -0.05) is 24.3 Å². The number of phenolic OH excluding ortho intramolecular Hbond substituents is 1. The largest absolute Gasteiger partial charge is 0.508 e. The number of nitrogens with one attached hydrogen (secondary N) is 3. The van der Waals surface area contributed by atoms with Gasteiger partial charge in [0.1, 0.15) is 11.9 Å². The normalized spacial score (nSPS) is 17.1. The SMILES string of the molecule is NC(N)=NCCCNCc1ccc(N2C=C3C=C(c4cccc(O)c4)NC3NC2=O)cc1. The first-order chi connectivity index (χ1) is 15.5. The second-order valence-corrected chi connectivity index (χ2v) is 7.64. The van der Waals surface area contributed by atoms with Crippen molar-refractivity contribution in [1.82, 2.24) is 16.0 Å². The minimum absolute atomic E-state index is 0.114. The molecule has 4 rings (SSSR count). The smallest absolute Gasteiger partial charge is 0.327 e. The summed E-state index contributed by atoms with van der Waals surface area (Å²) < 4.78 is 0. The van der Waals surface area contributed by atoms with Gasteiger partial charge >= 0.3 is 6.03 Å². The van der Waals surface area contributed by atoms with Crippen LogP contribution in [0, 0.1) is 0 Å². The first-order valence-electron chi connectivity index (χ1n) is 10.4. The van der Waals surface area contributed by atoms with Crippen molar-refractivity contribution >= 4 is 23.4 Å². The first-order valence-corrected chi connectivity index (χ1v) is 10.4. The van der Waals surface area contributed by atoms with Crippen LogP contribution < -0.4 is 32.3 Å². The Morgan fingerprint density at radius 3 is 2.72 bits per heavy atom. The van der Waals surface area contributed by atoms with Gasteiger partial charge in [-0.05, 0) is 48.9 Å². The Balaban J connectivity index is 1.39. The van der Waals surface area contributed by atoms with E-state index in [9.17, 15) is 9.90 Å². The lowest BCUT2D eigenvalue weighted by Gasteiger charge is -2.29. The van der Waals surface area contributed by atoms with Crippen molar-refractivity contribution in [2.75, 3.05) is 18.0 Å². The molecule has 1 atom stereocenters. The van der Waals surface area contributed by atoms with Gasteiger partial charge in [-0.15, -0.1) is 0 Å². The Hall–Kier alpha value is -3.98. The average Bonchev–Trinajstić information content (AvgIpc) is 3.19. The highest BCUT2D eigenvalue weighted by atomic mass is 16.3. The molecule has 2 amide bonds. The zero-order valence-corrected chi connectivity index (χ0v) is 17.6. The van der Waals surface area contributed by atoms with Crippen LogP contribution in [0.5, 0.6) is 5.75 Å². The molecule has 2 aliphatic heterocycles. The van der Waals surface area contributed by atoms with Crippen LogP contribution >= 0.6 is 0 Å². The Labute approximate surface area is 186 Å². The summed E-state index contributed by atoms with van der Waals surface area (Å²) in [5, 5.41) is 19.3. The lowest BCUT2D eigenvalue weighted by atomic mass is 10.1. The molecule has 0 bridgehead atoms. The number of benzene rings is 2. The number of phenols is 1. The number of rotatable bonds is 8. The second kappa shape index (κ2) is 9.44. The van der Waals surface area contributed by atoms with Crippen molar-refractivity contribution in [3.8, 4) is 5.75 Å². The molecule has 0 spiro atoms. The molecule has 0 aromatic heterocycles. The van der Waals surface area contributed by atoms with Crippen LogP contribution in [0.25, 0.3) is 5.70 Å². The molecule has 2 heterocycles. The number of nitrogens with two attached hydrogens (primary N) is 2. The molecule has 9 heteroatoms. The summed E-state index contributed by atoms with van der Waals surface area (Å²) in [5.41, 5.74) is 15.2. The molecule has 8 N–H and O–H groups in total. The van der Waals surface area contributed by atoms with E-state index in [1.54, 1.807) is 23.1 Å². The van der Waals surface area contributed by atoms with E-state index in [0.717, 1.165) is 47.6 Å². The van der Waals surface area contributed by atoms with E-state index in [2.05, 4.69) is 20.9 Å². The number of anilines is 1. The number of carbonyl (C=O) groups is 1. The number of hydrogen-bond donors (Lipinski definition) is 6. The van der Waals surface area contributed by atoms with Gasteiger partial charge in [0.25, 0.3) is 0 Å². The molecule has 0 fully saturated rings. The summed E-state index contributed by atoms with van der Waals surface area (Å²) in [6, 6.07) is 14.6. The Kier molecular flexibility index (Phi) is 6.27. The van der Waals surface area contributed by atoms with E-state index in [1.165, 1.54) is 0 Å². The number of nitrogens with zero attached hydrogens (tertiary/aromatic N) is 2. The minimum Gasteiger partial charge on any atom is -0.508 e. The van der Waals surface area contributed by atoms with Crippen LogP contribution in [0.1, 0.15) is 17.5 Å². The topological polar surface area (TPSA) is 141 Å². The van der Waals surface area contributed by atoms with E-state index in [4.69, 9.17) is 11.5 Å². The van der Waals surface area contributed by atoms with Gasteiger partial charge in [-0.2, -0.15) is 0 Å². The van der Waals surface area contributed by atoms with Gasteiger partial charge in [0.2, 0.25) is 0 Å². The highest BCUT2D eigenvalue weighted by molar-refractivity contribution is 5.96. The number of carbonyl (C=O) groups excluding carboxylic acids is 1. The van der Waals surface area contributed by atoms with Gasteiger partial charge < -0.3 is 32.5 Å². The van der Waals surface area contributed by atoms with Gasteiger partial charge in [0.15, 0.2) is 5.96 Å². The number of fused-ring (bicyclic) bond motifs is 1. The highest BCUT2D eigenvalue weighted by Gasteiger charge is 2.31. The molecule has 1 unspecified atom stereocenters. The van der Waals surface area contributed by atoms with Crippen LogP contribution in [0.3, 0.4) is 0 Å². The van der Waals surface area contributed by atoms with Crippen molar-refractivity contribution < 1.29 is 9.90 Å². The van der Waals surface area contributed by atoms with Crippen molar-refractivity contribution in [3.05, 3.63) is 77.5 Å². The van der Waals surface area contributed by atoms with Crippen LogP contribution in [-0.2, 0) is 6.54 Å². The Morgan fingerprint density at radius 1 is 1.16 bits per heavy atom. The van der Waals surface area contributed by atoms with Gasteiger partial charge in [0.05, 0.1) is 5.69 Å². The van der Waals surface area contributed by atoms with E-state index in [1.807, 2.05) is 42.6 Å². The monoisotopic (exact) mass is 433 g/mol. The van der Waals surface area contributed by atoms with Crippen LogP contribution in [0.4, 0.5) is 10.5 Å². The van der Waals surface area contributed by atoms with E-state index in [-0.39, 0.29) is 23.9 Å². The van der Waals surface area contributed by atoms with Gasteiger partial charge in [-0.3, -0.25) is 9.89 Å². The summed E-state index contributed by atoms with van der Waals surface area (Å²) in [6.07, 6.45) is 4.37. The summed E-state index contributed by atoms with van der Waals surface area (Å²) in [7, 11) is 0. The highest BCUT2D eigenvalue weighted by Crippen LogP contribution is 2.29. The molecular weight excluding hydrogens is 406 g/mol. The molecule has 166 valence electrons. The van der Waals surface area contributed by atoms with Crippen molar-refractivity contribution in [2.24, 2.45) is 16.5 Å². The quantitative estimate of drug-likeness (QED) is 0.212. The minimum atomic E-state index is -0.293. The summed E-state index contributed by atoms with van der Waals surface area (Å²) in [4.78, 5) is 18.2. The van der Waals surface area contributed by atoms with Crippen molar-refractivity contribution in [3.63, 3.8) is 0 Å². The maximum Gasteiger partial charge on any atom is 0.327 e. The first kappa shape index (κ1) is 21.3. The van der Waals surface area contributed by atoms with E-state index < -0.39 is 0 Å². The Bertz CT molecular complexity index is 1070. The molecular formula is C23H27N7O2. The lowest BCUT2D eigenvalue weighted by molar-refractivity contribution is 0.244. The molecule has 32 heavy (non-hydrogen) atoms. The maximum absolute atomic E-state index is 12.7. The molecule has 2 aromatic rings. The van der Waals surface area contributed by atoms with E-state index >= 15 is 0 Å². The zero-order chi connectivity index (χ0) is 22.5. The molecule has 0 saturated heterocycles. The number of hydrogen-bond acceptors (Lipinski definition) is 5. The van der Waals surface area contributed by atoms with Crippen LogP contribution in [0.15, 0.2) is 71.4 Å². The average molecular weight is 434 g/mol. The van der Waals surface area contributed by atoms with E-state index in [0.29, 0.717) is 6.54 Å². The fourth-order valence-electron chi connectivity index (χ4n) is 3.61. The lowest BCUT2D eigenvalue weighted by Crippen LogP contribution is -2.51. The van der Waals surface area contributed by atoms with Crippen molar-refractivity contribution in [1.29, 1.82) is 0 Å². The predicted octanol–water partition coefficient (Wildman–Crippen LogP) is 1.53. The van der Waals surface area contributed by atoms with Crippen LogP contribution in [-0.4, -0.2) is 36.4 Å². The van der Waals surface area contributed by atoms with Crippen LogP contribution in [0.2, 0.25) is 0 Å². The maximum atomic E-state index is 12.7. The second-order valence-electron chi connectivity index (χ2n) is 7.64. The number of amides is 2. The fourth-order valence-corrected chi connectivity index (χ4v) is 3.61. The predicted molar refractivity (Wildman–Crippen MR) is 126 cm³/mol. The van der Waals surface area contributed by atoms with Crippen molar-refractivity contribution in [2.45, 2.75) is 19.1 Å². The molecule has 2 aromatic carbocycles. The number of aliphatic imine (C=N–C) groups is 1. The Morgan fingerprint density at radius 2 is 1.97 bits per heavy atom. The summed E-state index contributed by atoms with van der Waals surface area (Å²) in [5.74, 6) is 0.311. The summed E-state index contributed by atoms with van der Waals surface area (Å²) >= 11 is 0. The molecule has 0 radical (unpaired) electrons. The molecule has 9 nitrogen and oxygen atoms in total. The fraction of sp³-hybridized carbons (Fsp3) is 0.217. The number of aromatic hydroxyl groups is 1. The molecule has 0 saturated carbocycles. The zero-order valence-electron chi connectivity index (χ0n) is 17.6. The number of guanidine groups is 1. The standard InChI is InChI=1S/C23H27N7O2/c24-22(25)27-10-2-9-26-13-15-5-7-18(8-6-15)30-14-17-12-20(28-21(17)29-23(30)32)16-3-1-4-19(31)11-16/h1,3-8,11-12,14,21,26,28,31H,2,9-10,13H2,(H,29,32)(H4,24,25,27). The number of urea groups is 1. The third-order valence-corrected chi connectivity index (χ3v) is 5.22. The molecule has 2 aliphatic rings. The van der Waals surface area contributed by atoms with Gasteiger partial charge in [-0.25, -0.2) is 4.79 Å². The third kappa shape index (κ3) is 5.01. The van der Waals surface area contributed by atoms with Gasteiger partial charge in [0, 0.05) is 36.1 Å². The molecule has 0 aliphatic carbocycles.